The van der Waals surface area contributed by atoms with Gasteiger partial charge in [-0.25, -0.2) is 0 Å². The third-order valence-corrected chi connectivity index (χ3v) is 4.01. The van der Waals surface area contributed by atoms with Crippen molar-refractivity contribution < 1.29 is 4.74 Å². The van der Waals surface area contributed by atoms with Crippen LogP contribution in [-0.2, 0) is 6.54 Å². The van der Waals surface area contributed by atoms with Gasteiger partial charge >= 0.3 is 0 Å². The van der Waals surface area contributed by atoms with Crippen LogP contribution in [0.4, 0.5) is 0 Å². The second-order valence-electron chi connectivity index (χ2n) is 5.34. The molecule has 2 aromatic carbocycles. The molecule has 0 aliphatic heterocycles. The molecule has 0 saturated heterocycles. The fraction of sp³-hybridized carbons (Fsp3) is 0.294. The van der Waals surface area contributed by atoms with Crippen molar-refractivity contribution in [2.75, 3.05) is 0 Å². The summed E-state index contributed by atoms with van der Waals surface area (Å²) in [5.74, 6) is 1.72. The van der Waals surface area contributed by atoms with Crippen LogP contribution >= 0.6 is 15.9 Å². The van der Waals surface area contributed by atoms with E-state index in [0.29, 0.717) is 0 Å². The molecule has 0 aromatic heterocycles. The molecule has 1 N–H and O–H groups in total. The minimum Gasteiger partial charge on any atom is -0.456 e. The van der Waals surface area contributed by atoms with E-state index in [2.05, 4.69) is 46.4 Å². The molecule has 0 spiro atoms. The van der Waals surface area contributed by atoms with E-state index in [1.54, 1.807) is 0 Å². The summed E-state index contributed by atoms with van der Waals surface area (Å²) in [7, 11) is 0. The molecule has 1 fully saturated rings. The van der Waals surface area contributed by atoms with Gasteiger partial charge in [-0.05, 0) is 71.1 Å². The lowest BCUT2D eigenvalue weighted by molar-refractivity contribution is 0.479. The summed E-state index contributed by atoms with van der Waals surface area (Å²) >= 11 is 3.59. The van der Waals surface area contributed by atoms with Crippen LogP contribution in [0, 0.1) is 6.92 Å². The summed E-state index contributed by atoms with van der Waals surface area (Å²) in [6.45, 7) is 2.99. The highest BCUT2D eigenvalue weighted by Crippen LogP contribution is 2.31. The van der Waals surface area contributed by atoms with Crippen LogP contribution in [0.2, 0.25) is 0 Å². The molecule has 104 valence electrons. The SMILES string of the molecule is Cc1cccc(Oc2ccc(CNC3CC3)cc2Br)c1. The molecular formula is C17H18BrNO. The van der Waals surface area contributed by atoms with Crippen LogP contribution < -0.4 is 10.1 Å². The van der Waals surface area contributed by atoms with Gasteiger partial charge in [-0.1, -0.05) is 18.2 Å². The van der Waals surface area contributed by atoms with Crippen molar-refractivity contribution in [2.24, 2.45) is 0 Å². The van der Waals surface area contributed by atoms with Gasteiger partial charge < -0.3 is 10.1 Å². The van der Waals surface area contributed by atoms with Crippen LogP contribution in [0.3, 0.4) is 0 Å². The maximum absolute atomic E-state index is 5.92. The van der Waals surface area contributed by atoms with Crippen LogP contribution in [0.5, 0.6) is 11.5 Å². The second-order valence-corrected chi connectivity index (χ2v) is 6.19. The minimum atomic E-state index is 0.733. The standard InChI is InChI=1S/C17H18BrNO/c1-12-3-2-4-15(9-12)20-17-8-5-13(10-16(17)18)11-19-14-6-7-14/h2-5,8-10,14,19H,6-7,11H2,1H3. The maximum Gasteiger partial charge on any atom is 0.141 e. The number of ether oxygens (including phenoxy) is 1. The Balaban J connectivity index is 1.69. The summed E-state index contributed by atoms with van der Waals surface area (Å²) in [4.78, 5) is 0. The van der Waals surface area contributed by atoms with Gasteiger partial charge in [0.1, 0.15) is 11.5 Å². The zero-order valence-electron chi connectivity index (χ0n) is 11.5. The monoisotopic (exact) mass is 331 g/mol. The lowest BCUT2D eigenvalue weighted by Gasteiger charge is -2.10. The summed E-state index contributed by atoms with van der Waals surface area (Å²) < 4.78 is 6.91. The summed E-state index contributed by atoms with van der Waals surface area (Å²) in [6, 6.07) is 15.1. The Bertz CT molecular complexity index is 608. The summed E-state index contributed by atoms with van der Waals surface area (Å²) in [5, 5.41) is 3.52. The van der Waals surface area contributed by atoms with E-state index in [-0.39, 0.29) is 0 Å². The van der Waals surface area contributed by atoms with Gasteiger partial charge in [-0.2, -0.15) is 0 Å². The highest BCUT2D eigenvalue weighted by atomic mass is 79.9. The number of halogens is 1. The Kier molecular flexibility index (Phi) is 4.08. The Hall–Kier alpha value is -1.32. The molecule has 1 aliphatic carbocycles. The molecule has 0 heterocycles. The number of rotatable bonds is 5. The number of hydrogen-bond acceptors (Lipinski definition) is 2. The lowest BCUT2D eigenvalue weighted by Crippen LogP contribution is -2.15. The normalized spacial score (nSPS) is 14.3. The molecule has 1 saturated carbocycles. The fourth-order valence-electron chi connectivity index (χ4n) is 2.09. The zero-order valence-corrected chi connectivity index (χ0v) is 13.1. The number of benzene rings is 2. The largest absolute Gasteiger partial charge is 0.456 e. The topological polar surface area (TPSA) is 21.3 Å². The average molecular weight is 332 g/mol. The van der Waals surface area contributed by atoms with Crippen molar-refractivity contribution >= 4 is 15.9 Å². The molecule has 0 amide bonds. The first kappa shape index (κ1) is 13.7. The second kappa shape index (κ2) is 5.98. The van der Waals surface area contributed by atoms with E-state index >= 15 is 0 Å². The van der Waals surface area contributed by atoms with Gasteiger partial charge in [0.05, 0.1) is 4.47 Å². The minimum absolute atomic E-state index is 0.733. The predicted octanol–water partition coefficient (Wildman–Crippen LogP) is 4.80. The van der Waals surface area contributed by atoms with Crippen LogP contribution in [0.15, 0.2) is 46.9 Å². The van der Waals surface area contributed by atoms with Gasteiger partial charge in [0.2, 0.25) is 0 Å². The first-order valence-electron chi connectivity index (χ1n) is 6.97. The van der Waals surface area contributed by atoms with Crippen molar-refractivity contribution in [2.45, 2.75) is 32.4 Å². The third kappa shape index (κ3) is 3.62. The number of hydrogen-bond donors (Lipinski definition) is 1. The molecule has 3 rings (SSSR count). The van der Waals surface area contributed by atoms with E-state index in [1.165, 1.54) is 24.0 Å². The first-order chi connectivity index (χ1) is 9.70. The zero-order chi connectivity index (χ0) is 13.9. The predicted molar refractivity (Wildman–Crippen MR) is 85.3 cm³/mol. The highest BCUT2D eigenvalue weighted by Gasteiger charge is 2.20. The van der Waals surface area contributed by atoms with E-state index in [4.69, 9.17) is 4.74 Å². The van der Waals surface area contributed by atoms with Gasteiger partial charge in [-0.15, -0.1) is 0 Å². The van der Waals surface area contributed by atoms with Crippen molar-refractivity contribution in [3.63, 3.8) is 0 Å². The summed E-state index contributed by atoms with van der Waals surface area (Å²) in [5.41, 5.74) is 2.48. The van der Waals surface area contributed by atoms with Gasteiger partial charge in [-0.3, -0.25) is 0 Å². The number of nitrogens with one attached hydrogen (secondary N) is 1. The van der Waals surface area contributed by atoms with Gasteiger partial charge in [0.25, 0.3) is 0 Å². The van der Waals surface area contributed by atoms with Crippen LogP contribution in [0.1, 0.15) is 24.0 Å². The Morgan fingerprint density at radius 2 is 2.05 bits per heavy atom. The Morgan fingerprint density at radius 3 is 2.75 bits per heavy atom. The van der Waals surface area contributed by atoms with Crippen molar-refractivity contribution in [3.8, 4) is 11.5 Å². The Morgan fingerprint density at radius 1 is 1.20 bits per heavy atom. The third-order valence-electron chi connectivity index (χ3n) is 3.39. The van der Waals surface area contributed by atoms with E-state index in [1.807, 2.05) is 24.3 Å². The lowest BCUT2D eigenvalue weighted by atomic mass is 10.2. The van der Waals surface area contributed by atoms with Crippen LogP contribution in [0.25, 0.3) is 0 Å². The van der Waals surface area contributed by atoms with Crippen LogP contribution in [-0.4, -0.2) is 6.04 Å². The fourth-order valence-corrected chi connectivity index (χ4v) is 2.60. The smallest absolute Gasteiger partial charge is 0.141 e. The first-order valence-corrected chi connectivity index (χ1v) is 7.76. The van der Waals surface area contributed by atoms with E-state index < -0.39 is 0 Å². The molecule has 20 heavy (non-hydrogen) atoms. The summed E-state index contributed by atoms with van der Waals surface area (Å²) in [6.07, 6.45) is 2.63. The Labute approximate surface area is 128 Å². The van der Waals surface area contributed by atoms with Crippen molar-refractivity contribution in [1.29, 1.82) is 0 Å². The molecule has 0 atom stereocenters. The molecule has 3 heteroatoms. The molecule has 2 aromatic rings. The molecule has 1 aliphatic rings. The van der Waals surface area contributed by atoms with Crippen molar-refractivity contribution in [3.05, 3.63) is 58.1 Å². The van der Waals surface area contributed by atoms with E-state index in [0.717, 1.165) is 28.6 Å². The van der Waals surface area contributed by atoms with Crippen molar-refractivity contribution in [1.82, 2.24) is 5.32 Å². The van der Waals surface area contributed by atoms with Gasteiger partial charge in [0, 0.05) is 12.6 Å². The van der Waals surface area contributed by atoms with Gasteiger partial charge in [0.15, 0.2) is 0 Å². The maximum atomic E-state index is 5.92. The molecule has 0 bridgehead atoms. The molecule has 2 nitrogen and oxygen atoms in total. The average Bonchev–Trinajstić information content (AvgIpc) is 3.23. The van der Waals surface area contributed by atoms with E-state index in [9.17, 15) is 0 Å². The highest BCUT2D eigenvalue weighted by molar-refractivity contribution is 9.10. The molecular weight excluding hydrogens is 314 g/mol. The quantitative estimate of drug-likeness (QED) is 0.849. The molecule has 0 unspecified atom stereocenters. The molecule has 0 radical (unpaired) electrons. The number of aryl methyl sites for hydroxylation is 1.